The molecular formula is C17H21N3O2. The second-order valence-corrected chi connectivity index (χ2v) is 5.64. The first-order chi connectivity index (χ1) is 10.4. The Morgan fingerprint density at radius 3 is 2.68 bits per heavy atom. The van der Waals surface area contributed by atoms with E-state index in [-0.39, 0.29) is 17.0 Å². The van der Waals surface area contributed by atoms with Crippen LogP contribution in [-0.2, 0) is 7.05 Å². The molecule has 0 aliphatic rings. The number of pyridine rings is 1. The van der Waals surface area contributed by atoms with Crippen LogP contribution in [0, 0.1) is 11.3 Å². The van der Waals surface area contributed by atoms with Gasteiger partial charge in [-0.1, -0.05) is 26.0 Å². The van der Waals surface area contributed by atoms with E-state index < -0.39 is 0 Å². The fourth-order valence-corrected chi connectivity index (χ4v) is 2.14. The standard InChI is InChI=1S/C17H21N3O2/c1-11(2)10-22-13-6-4-5-12(9-13)15-8-7-14(16(18)19)17(21)20(15)3/h4-9,11H,10H2,1-3H3,(H3,18,19). The number of hydrogen-bond donors (Lipinski definition) is 2. The maximum absolute atomic E-state index is 12.2. The summed E-state index contributed by atoms with van der Waals surface area (Å²) >= 11 is 0. The van der Waals surface area contributed by atoms with Crippen molar-refractivity contribution in [1.82, 2.24) is 4.57 Å². The van der Waals surface area contributed by atoms with Gasteiger partial charge in [-0.05, 0) is 30.2 Å². The van der Waals surface area contributed by atoms with E-state index in [0.717, 1.165) is 17.0 Å². The number of rotatable bonds is 5. The fraction of sp³-hybridized carbons (Fsp3) is 0.294. The molecule has 5 heteroatoms. The minimum absolute atomic E-state index is 0.207. The van der Waals surface area contributed by atoms with Crippen molar-refractivity contribution in [3.8, 4) is 17.0 Å². The van der Waals surface area contributed by atoms with Gasteiger partial charge in [0, 0.05) is 12.6 Å². The Bertz CT molecular complexity index is 748. The third-order valence-electron chi connectivity index (χ3n) is 3.31. The first kappa shape index (κ1) is 15.8. The highest BCUT2D eigenvalue weighted by Crippen LogP contribution is 2.23. The molecule has 0 unspecified atom stereocenters. The zero-order valence-electron chi connectivity index (χ0n) is 13.1. The maximum atomic E-state index is 12.2. The van der Waals surface area contributed by atoms with Crippen LogP contribution in [0.3, 0.4) is 0 Å². The molecule has 0 bridgehead atoms. The first-order valence-electron chi connectivity index (χ1n) is 7.18. The average molecular weight is 299 g/mol. The van der Waals surface area contributed by atoms with E-state index in [1.165, 1.54) is 4.57 Å². The molecule has 0 radical (unpaired) electrons. The molecule has 0 saturated heterocycles. The van der Waals surface area contributed by atoms with Crippen LogP contribution in [0.2, 0.25) is 0 Å². The summed E-state index contributed by atoms with van der Waals surface area (Å²) in [7, 11) is 1.67. The lowest BCUT2D eigenvalue weighted by molar-refractivity contribution is 0.271. The predicted octanol–water partition coefficient (Wildman–Crippen LogP) is 2.37. The van der Waals surface area contributed by atoms with E-state index in [4.69, 9.17) is 15.9 Å². The Morgan fingerprint density at radius 2 is 2.05 bits per heavy atom. The van der Waals surface area contributed by atoms with Crippen molar-refractivity contribution in [2.75, 3.05) is 6.61 Å². The number of ether oxygens (including phenoxy) is 1. The minimum atomic E-state index is -0.279. The number of nitrogen functional groups attached to an aromatic ring is 1. The number of nitrogens with one attached hydrogen (secondary N) is 1. The number of nitrogens with zero attached hydrogens (tertiary/aromatic N) is 1. The highest BCUT2D eigenvalue weighted by Gasteiger charge is 2.10. The van der Waals surface area contributed by atoms with Crippen molar-refractivity contribution < 1.29 is 4.74 Å². The molecule has 1 heterocycles. The van der Waals surface area contributed by atoms with Gasteiger partial charge in [-0.2, -0.15) is 0 Å². The van der Waals surface area contributed by atoms with Crippen molar-refractivity contribution >= 4 is 5.84 Å². The van der Waals surface area contributed by atoms with Gasteiger partial charge in [-0.15, -0.1) is 0 Å². The van der Waals surface area contributed by atoms with Crippen LogP contribution in [0.25, 0.3) is 11.3 Å². The van der Waals surface area contributed by atoms with Crippen LogP contribution in [0.15, 0.2) is 41.2 Å². The lowest BCUT2D eigenvalue weighted by atomic mass is 10.1. The van der Waals surface area contributed by atoms with Crippen molar-refractivity contribution in [1.29, 1.82) is 5.41 Å². The molecular weight excluding hydrogens is 278 g/mol. The number of hydrogen-bond acceptors (Lipinski definition) is 3. The van der Waals surface area contributed by atoms with Crippen molar-refractivity contribution in [3.63, 3.8) is 0 Å². The van der Waals surface area contributed by atoms with Gasteiger partial charge >= 0.3 is 0 Å². The summed E-state index contributed by atoms with van der Waals surface area (Å²) in [5.74, 6) is 0.998. The van der Waals surface area contributed by atoms with Crippen LogP contribution >= 0.6 is 0 Å². The van der Waals surface area contributed by atoms with Gasteiger partial charge in [-0.25, -0.2) is 0 Å². The van der Waals surface area contributed by atoms with Gasteiger partial charge in [0.25, 0.3) is 5.56 Å². The summed E-state index contributed by atoms with van der Waals surface area (Å²) < 4.78 is 7.22. The summed E-state index contributed by atoms with van der Waals surface area (Å²) in [4.78, 5) is 12.2. The molecule has 0 atom stereocenters. The molecule has 0 spiro atoms. The Hall–Kier alpha value is -2.56. The van der Waals surface area contributed by atoms with Gasteiger partial charge in [0.1, 0.15) is 11.6 Å². The van der Waals surface area contributed by atoms with E-state index in [0.29, 0.717) is 12.5 Å². The van der Waals surface area contributed by atoms with Crippen LogP contribution in [0.5, 0.6) is 5.75 Å². The summed E-state index contributed by atoms with van der Waals surface area (Å²) in [6.07, 6.45) is 0. The van der Waals surface area contributed by atoms with Crippen LogP contribution in [0.1, 0.15) is 19.4 Å². The molecule has 0 saturated carbocycles. The summed E-state index contributed by atoms with van der Waals surface area (Å²) in [5, 5.41) is 7.42. The zero-order valence-corrected chi connectivity index (χ0v) is 13.1. The van der Waals surface area contributed by atoms with E-state index in [1.807, 2.05) is 24.3 Å². The average Bonchev–Trinajstić information content (AvgIpc) is 2.47. The summed E-state index contributed by atoms with van der Waals surface area (Å²) in [6.45, 7) is 4.83. The molecule has 0 amide bonds. The van der Waals surface area contributed by atoms with Gasteiger partial charge in [-0.3, -0.25) is 10.2 Å². The van der Waals surface area contributed by atoms with E-state index in [2.05, 4.69) is 13.8 Å². The summed E-state index contributed by atoms with van der Waals surface area (Å²) in [5.41, 5.74) is 6.98. The Kier molecular flexibility index (Phi) is 4.65. The molecule has 0 aliphatic carbocycles. The first-order valence-corrected chi connectivity index (χ1v) is 7.18. The number of aromatic nitrogens is 1. The second-order valence-electron chi connectivity index (χ2n) is 5.64. The third-order valence-corrected chi connectivity index (χ3v) is 3.31. The lowest BCUT2D eigenvalue weighted by Crippen LogP contribution is -2.28. The molecule has 2 aromatic rings. The van der Waals surface area contributed by atoms with Gasteiger partial charge < -0.3 is 15.0 Å². The third kappa shape index (κ3) is 3.36. The Labute approximate surface area is 129 Å². The molecule has 2 rings (SSSR count). The van der Waals surface area contributed by atoms with Gasteiger partial charge in [0.2, 0.25) is 0 Å². The molecule has 0 fully saturated rings. The molecule has 1 aromatic carbocycles. The minimum Gasteiger partial charge on any atom is -0.493 e. The van der Waals surface area contributed by atoms with Crippen molar-refractivity contribution in [2.45, 2.75) is 13.8 Å². The number of benzene rings is 1. The van der Waals surface area contributed by atoms with Crippen molar-refractivity contribution in [2.24, 2.45) is 18.7 Å². The number of amidine groups is 1. The van der Waals surface area contributed by atoms with Gasteiger partial charge in [0.05, 0.1) is 17.9 Å². The van der Waals surface area contributed by atoms with Crippen LogP contribution in [0.4, 0.5) is 0 Å². The zero-order chi connectivity index (χ0) is 16.3. The molecule has 116 valence electrons. The monoisotopic (exact) mass is 299 g/mol. The smallest absolute Gasteiger partial charge is 0.261 e. The highest BCUT2D eigenvalue weighted by molar-refractivity contribution is 5.94. The normalized spacial score (nSPS) is 10.7. The summed E-state index contributed by atoms with van der Waals surface area (Å²) in [6, 6.07) is 11.0. The van der Waals surface area contributed by atoms with E-state index >= 15 is 0 Å². The SMILES string of the molecule is CC(C)COc1cccc(-c2ccc(C(=N)N)c(=O)n2C)c1. The van der Waals surface area contributed by atoms with E-state index in [1.54, 1.807) is 19.2 Å². The molecule has 0 aliphatic heterocycles. The molecule has 5 nitrogen and oxygen atoms in total. The van der Waals surface area contributed by atoms with Crippen LogP contribution < -0.4 is 16.0 Å². The topological polar surface area (TPSA) is 81.1 Å². The second kappa shape index (κ2) is 6.47. The highest BCUT2D eigenvalue weighted by atomic mass is 16.5. The predicted molar refractivity (Wildman–Crippen MR) is 88.5 cm³/mol. The number of nitrogens with two attached hydrogens (primary N) is 1. The molecule has 1 aromatic heterocycles. The van der Waals surface area contributed by atoms with Gasteiger partial charge in [0.15, 0.2) is 0 Å². The molecule has 22 heavy (non-hydrogen) atoms. The Morgan fingerprint density at radius 1 is 1.32 bits per heavy atom. The van der Waals surface area contributed by atoms with Crippen LogP contribution in [-0.4, -0.2) is 17.0 Å². The fourth-order valence-electron chi connectivity index (χ4n) is 2.14. The largest absolute Gasteiger partial charge is 0.493 e. The van der Waals surface area contributed by atoms with Crippen molar-refractivity contribution in [3.05, 3.63) is 52.3 Å². The lowest BCUT2D eigenvalue weighted by Gasteiger charge is -2.13. The maximum Gasteiger partial charge on any atom is 0.261 e. The quantitative estimate of drug-likeness (QED) is 0.657. The van der Waals surface area contributed by atoms with E-state index in [9.17, 15) is 4.79 Å². The molecule has 3 N–H and O–H groups in total. The Balaban J connectivity index is 2.40.